The number of nitrogens with one attached hydrogen (secondary N) is 2. The summed E-state index contributed by atoms with van der Waals surface area (Å²) in [5.74, 6) is 0. The van der Waals surface area contributed by atoms with Crippen LogP contribution in [0.25, 0.3) is 22.2 Å². The van der Waals surface area contributed by atoms with Gasteiger partial charge in [-0.1, -0.05) is 18.2 Å². The Morgan fingerprint density at radius 2 is 2.05 bits per heavy atom. The van der Waals surface area contributed by atoms with Gasteiger partial charge in [0.15, 0.2) is 4.73 Å². The summed E-state index contributed by atoms with van der Waals surface area (Å²) in [5, 5.41) is 1.19. The van der Waals surface area contributed by atoms with Crippen molar-refractivity contribution in [3.8, 4) is 11.3 Å². The maximum atomic E-state index is 5.67. The van der Waals surface area contributed by atoms with Crippen LogP contribution in [0.4, 0.5) is 0 Å². The molecule has 4 nitrogen and oxygen atoms in total. The van der Waals surface area contributed by atoms with Gasteiger partial charge in [-0.25, -0.2) is 4.98 Å². The second-order valence-corrected chi connectivity index (χ2v) is 5.32. The van der Waals surface area contributed by atoms with E-state index in [1.807, 2.05) is 12.1 Å². The standard InChI is InChI=1S/C14H15BrN4/c1-8-12(9-4-2-3-5-10(9)17-8)13-11(6-7-16)18-14(15)19-13/h2-5,17H,6-7,16H2,1H3,(H,18,19). The Hall–Kier alpha value is -1.59. The maximum Gasteiger partial charge on any atom is 0.175 e. The smallest absolute Gasteiger partial charge is 0.175 e. The Labute approximate surface area is 119 Å². The summed E-state index contributed by atoms with van der Waals surface area (Å²) in [6, 6.07) is 8.27. The number of aryl methyl sites for hydroxylation is 1. The van der Waals surface area contributed by atoms with E-state index in [0.29, 0.717) is 6.54 Å². The van der Waals surface area contributed by atoms with E-state index >= 15 is 0 Å². The SMILES string of the molecule is Cc1[nH]c2ccccc2c1-c1nc(Br)[nH]c1CCN. The number of rotatable bonds is 3. The number of hydrogen-bond acceptors (Lipinski definition) is 2. The Balaban J connectivity index is 2.26. The van der Waals surface area contributed by atoms with Crippen molar-refractivity contribution in [3.05, 3.63) is 40.4 Å². The van der Waals surface area contributed by atoms with Crippen LogP contribution >= 0.6 is 15.9 Å². The van der Waals surface area contributed by atoms with Gasteiger partial charge in [0.25, 0.3) is 0 Å². The predicted molar refractivity (Wildman–Crippen MR) is 81.1 cm³/mol. The molecule has 0 aliphatic heterocycles. The van der Waals surface area contributed by atoms with Crippen molar-refractivity contribution in [3.63, 3.8) is 0 Å². The van der Waals surface area contributed by atoms with Gasteiger partial charge < -0.3 is 15.7 Å². The molecule has 0 fully saturated rings. The van der Waals surface area contributed by atoms with E-state index < -0.39 is 0 Å². The molecule has 0 aliphatic carbocycles. The van der Waals surface area contributed by atoms with Gasteiger partial charge in [-0.05, 0) is 35.5 Å². The molecule has 3 aromatic rings. The molecule has 5 heteroatoms. The lowest BCUT2D eigenvalue weighted by atomic mass is 10.1. The summed E-state index contributed by atoms with van der Waals surface area (Å²) in [5.41, 5.74) is 11.1. The lowest BCUT2D eigenvalue weighted by molar-refractivity contribution is 0.934. The molecule has 0 bridgehead atoms. The minimum atomic E-state index is 0.600. The normalized spacial score (nSPS) is 11.3. The molecule has 19 heavy (non-hydrogen) atoms. The Kier molecular flexibility index (Phi) is 3.16. The number of halogens is 1. The Bertz CT molecular complexity index is 726. The zero-order valence-electron chi connectivity index (χ0n) is 10.6. The van der Waals surface area contributed by atoms with Crippen LogP contribution in [0.5, 0.6) is 0 Å². The molecule has 0 saturated heterocycles. The molecule has 0 radical (unpaired) electrons. The number of nitrogens with zero attached hydrogens (tertiary/aromatic N) is 1. The van der Waals surface area contributed by atoms with Crippen LogP contribution in [0.2, 0.25) is 0 Å². The van der Waals surface area contributed by atoms with Crippen LogP contribution in [0, 0.1) is 6.92 Å². The average Bonchev–Trinajstić information content (AvgIpc) is 2.89. The molecule has 0 aliphatic rings. The van der Waals surface area contributed by atoms with Crippen LogP contribution in [0.1, 0.15) is 11.4 Å². The van der Waals surface area contributed by atoms with E-state index in [9.17, 15) is 0 Å². The molecule has 0 amide bonds. The molecule has 4 N–H and O–H groups in total. The molecule has 0 atom stereocenters. The molecule has 0 unspecified atom stereocenters. The zero-order chi connectivity index (χ0) is 13.4. The summed E-state index contributed by atoms with van der Waals surface area (Å²) in [6.07, 6.45) is 0.785. The van der Waals surface area contributed by atoms with Crippen LogP contribution < -0.4 is 5.73 Å². The molecular weight excluding hydrogens is 304 g/mol. The number of fused-ring (bicyclic) bond motifs is 1. The molecular formula is C14H15BrN4. The number of aromatic amines is 2. The largest absolute Gasteiger partial charge is 0.358 e. The van der Waals surface area contributed by atoms with E-state index in [-0.39, 0.29) is 0 Å². The predicted octanol–water partition coefficient (Wildman–Crippen LogP) is 3.13. The maximum absolute atomic E-state index is 5.67. The molecule has 98 valence electrons. The summed E-state index contributed by atoms with van der Waals surface area (Å²) < 4.78 is 0.746. The highest BCUT2D eigenvalue weighted by molar-refractivity contribution is 9.10. The number of para-hydroxylation sites is 1. The number of H-pyrrole nitrogens is 2. The zero-order valence-corrected chi connectivity index (χ0v) is 12.2. The van der Waals surface area contributed by atoms with E-state index in [1.165, 1.54) is 5.39 Å². The van der Waals surface area contributed by atoms with Crippen LogP contribution in [-0.4, -0.2) is 21.5 Å². The van der Waals surface area contributed by atoms with Gasteiger partial charge in [0, 0.05) is 34.3 Å². The van der Waals surface area contributed by atoms with Gasteiger partial charge in [-0.15, -0.1) is 0 Å². The van der Waals surface area contributed by atoms with E-state index in [2.05, 4.69) is 49.9 Å². The Morgan fingerprint density at radius 1 is 1.26 bits per heavy atom. The van der Waals surface area contributed by atoms with Crippen molar-refractivity contribution in [2.45, 2.75) is 13.3 Å². The molecule has 0 spiro atoms. The van der Waals surface area contributed by atoms with Crippen molar-refractivity contribution in [1.82, 2.24) is 15.0 Å². The third kappa shape index (κ3) is 2.09. The first-order valence-electron chi connectivity index (χ1n) is 6.23. The fourth-order valence-corrected chi connectivity index (χ4v) is 2.91. The first-order valence-corrected chi connectivity index (χ1v) is 7.02. The fourth-order valence-electron chi connectivity index (χ4n) is 2.49. The van der Waals surface area contributed by atoms with Gasteiger partial charge >= 0.3 is 0 Å². The minimum Gasteiger partial charge on any atom is -0.358 e. The van der Waals surface area contributed by atoms with E-state index in [4.69, 9.17) is 5.73 Å². The van der Waals surface area contributed by atoms with Gasteiger partial charge in [-0.2, -0.15) is 0 Å². The summed E-state index contributed by atoms with van der Waals surface area (Å²) in [6.45, 7) is 2.67. The summed E-state index contributed by atoms with van der Waals surface area (Å²) in [7, 11) is 0. The summed E-state index contributed by atoms with van der Waals surface area (Å²) >= 11 is 3.41. The van der Waals surface area contributed by atoms with Gasteiger partial charge in [0.05, 0.1) is 5.69 Å². The highest BCUT2D eigenvalue weighted by Gasteiger charge is 2.17. The fraction of sp³-hybridized carbons (Fsp3) is 0.214. The number of imidazole rings is 1. The van der Waals surface area contributed by atoms with Crippen molar-refractivity contribution in [1.29, 1.82) is 0 Å². The first kappa shape index (κ1) is 12.4. The first-order chi connectivity index (χ1) is 9.20. The van der Waals surface area contributed by atoms with Gasteiger partial charge in [-0.3, -0.25) is 0 Å². The van der Waals surface area contributed by atoms with Crippen molar-refractivity contribution in [2.75, 3.05) is 6.54 Å². The van der Waals surface area contributed by atoms with Crippen LogP contribution in [-0.2, 0) is 6.42 Å². The van der Waals surface area contributed by atoms with Gasteiger partial charge in [0.1, 0.15) is 0 Å². The van der Waals surface area contributed by atoms with E-state index in [1.54, 1.807) is 0 Å². The monoisotopic (exact) mass is 318 g/mol. The second kappa shape index (κ2) is 4.83. The second-order valence-electron chi connectivity index (χ2n) is 4.56. The molecule has 2 aromatic heterocycles. The lowest BCUT2D eigenvalue weighted by Gasteiger charge is -2.01. The minimum absolute atomic E-state index is 0.600. The van der Waals surface area contributed by atoms with Crippen molar-refractivity contribution in [2.24, 2.45) is 5.73 Å². The third-order valence-electron chi connectivity index (χ3n) is 3.27. The van der Waals surface area contributed by atoms with Crippen LogP contribution in [0.3, 0.4) is 0 Å². The van der Waals surface area contributed by atoms with Crippen molar-refractivity contribution < 1.29 is 0 Å². The number of nitrogens with two attached hydrogens (primary N) is 1. The molecule has 0 saturated carbocycles. The quantitative estimate of drug-likeness (QED) is 0.694. The average molecular weight is 319 g/mol. The number of hydrogen-bond donors (Lipinski definition) is 3. The molecule has 1 aromatic carbocycles. The van der Waals surface area contributed by atoms with Crippen molar-refractivity contribution >= 4 is 26.8 Å². The Morgan fingerprint density at radius 3 is 2.84 bits per heavy atom. The lowest BCUT2D eigenvalue weighted by Crippen LogP contribution is -2.04. The summed E-state index contributed by atoms with van der Waals surface area (Å²) in [4.78, 5) is 11.2. The van der Waals surface area contributed by atoms with E-state index in [0.717, 1.165) is 39.3 Å². The number of benzene rings is 1. The van der Waals surface area contributed by atoms with Gasteiger partial charge in [0.2, 0.25) is 0 Å². The third-order valence-corrected chi connectivity index (χ3v) is 3.65. The topological polar surface area (TPSA) is 70.5 Å². The molecule has 2 heterocycles. The highest BCUT2D eigenvalue weighted by Crippen LogP contribution is 2.33. The molecule has 3 rings (SSSR count). The number of aromatic nitrogens is 3. The highest BCUT2D eigenvalue weighted by atomic mass is 79.9. The van der Waals surface area contributed by atoms with Crippen LogP contribution in [0.15, 0.2) is 29.0 Å².